The van der Waals surface area contributed by atoms with Crippen LogP contribution in [-0.2, 0) is 79.0 Å². The highest BCUT2D eigenvalue weighted by molar-refractivity contribution is 7.90. The van der Waals surface area contributed by atoms with Gasteiger partial charge in [-0.15, -0.1) is 0 Å². The van der Waals surface area contributed by atoms with E-state index in [2.05, 4.69) is 19.5 Å². The summed E-state index contributed by atoms with van der Waals surface area (Å²) in [7, 11) is -9.71. The third kappa shape index (κ3) is 39.5. The van der Waals surface area contributed by atoms with Crippen molar-refractivity contribution < 1.29 is 80.9 Å². The van der Waals surface area contributed by atoms with Crippen molar-refractivity contribution >= 4 is 64.2 Å². The molecule has 0 saturated carbocycles. The molecule has 0 radical (unpaired) electrons. The van der Waals surface area contributed by atoms with Gasteiger partial charge in [0.1, 0.15) is 6.61 Å². The molecular weight excluding hydrogens is 1090 g/mol. The lowest BCUT2D eigenvalue weighted by Gasteiger charge is -2.29. The normalized spacial score (nSPS) is 13.6. The molecule has 0 aromatic rings. The van der Waals surface area contributed by atoms with Crippen LogP contribution in [0.5, 0.6) is 0 Å². The molecule has 0 bridgehead atoms. The summed E-state index contributed by atoms with van der Waals surface area (Å²) in [6.45, 7) is 36.7. The van der Waals surface area contributed by atoms with Crippen LogP contribution in [0.15, 0.2) is 0 Å². The van der Waals surface area contributed by atoms with Crippen LogP contribution in [0.1, 0.15) is 169 Å². The van der Waals surface area contributed by atoms with Gasteiger partial charge in [-0.2, -0.15) is 0 Å². The summed E-state index contributed by atoms with van der Waals surface area (Å²) in [6.07, 6.45) is 5.72. The number of amides is 2. The van der Waals surface area contributed by atoms with Gasteiger partial charge < -0.3 is 60.7 Å². The molecule has 0 saturated heterocycles. The third-order valence-corrected chi connectivity index (χ3v) is 25.6. The van der Waals surface area contributed by atoms with Gasteiger partial charge in [0.2, 0.25) is 31.9 Å². The molecule has 22 nitrogen and oxygen atoms in total. The molecule has 6 N–H and O–H groups in total. The zero-order valence-corrected chi connectivity index (χ0v) is 56.3. The van der Waals surface area contributed by atoms with E-state index in [0.717, 1.165) is 31.7 Å². The molecule has 0 fully saturated rings. The molecule has 466 valence electrons. The fourth-order valence-corrected chi connectivity index (χ4v) is 15.2. The zero-order valence-electron chi connectivity index (χ0n) is 51.6. The number of nitrogens with two attached hydrogens (primary N) is 1. The minimum absolute atomic E-state index is 0.0417. The summed E-state index contributed by atoms with van der Waals surface area (Å²) in [5, 5.41) is 10.9. The predicted octanol–water partition coefficient (Wildman–Crippen LogP) is 7.18. The van der Waals surface area contributed by atoms with Crippen LogP contribution >= 0.6 is 0 Å². The van der Waals surface area contributed by atoms with E-state index in [9.17, 15) is 31.2 Å². The first-order valence-electron chi connectivity index (χ1n) is 27.8. The summed E-state index contributed by atoms with van der Waals surface area (Å²) < 4.78 is 107. The monoisotopic (exact) mass is 1210 g/mol. The summed E-state index contributed by atoms with van der Waals surface area (Å²) >= 11 is 0. The Bertz CT molecular complexity index is 1630. The molecule has 0 heterocycles. The van der Waals surface area contributed by atoms with Gasteiger partial charge in [0, 0.05) is 111 Å². The minimum Gasteiger partial charge on any atom is -0.463 e. The Kier molecular flexibility index (Phi) is 53.8. The Morgan fingerprint density at radius 1 is 0.545 bits per heavy atom. The molecule has 0 aromatic heterocycles. The Balaban J connectivity index is -0.000000294. The number of carbonyl (C=O) groups excluding carboxylic acids is 3. The van der Waals surface area contributed by atoms with Crippen molar-refractivity contribution in [3.05, 3.63) is 0 Å². The van der Waals surface area contributed by atoms with Gasteiger partial charge in [-0.25, -0.2) is 26.3 Å². The van der Waals surface area contributed by atoms with Crippen LogP contribution < -0.4 is 20.5 Å². The van der Waals surface area contributed by atoms with Gasteiger partial charge in [0.25, 0.3) is 0 Å². The molecule has 4 unspecified atom stereocenters. The van der Waals surface area contributed by atoms with E-state index in [1.165, 1.54) is 0 Å². The molecule has 0 aliphatic rings. The van der Waals surface area contributed by atoms with E-state index >= 15 is 0 Å². The second-order valence-corrected chi connectivity index (χ2v) is 31.4. The van der Waals surface area contributed by atoms with Crippen molar-refractivity contribution in [2.75, 3.05) is 93.8 Å². The average Bonchev–Trinajstić information content (AvgIpc) is 3.40. The van der Waals surface area contributed by atoms with E-state index in [-0.39, 0.29) is 54.0 Å². The van der Waals surface area contributed by atoms with Gasteiger partial charge in [0.15, 0.2) is 0 Å². The SMILES string of the molecule is CCC(C)C(=O)OCCO.CCC(C)C(N)=O.CCC(C)S(=O)(=O)NCCC[Si](OC)(OC)OC.CCO[Si](CCCNC(=O)C(C)CC)(OCC)OCC.CCO[Si](CCCNS(=O)(=O)C(C)(C)CC)(OCC)OCC. The quantitative estimate of drug-likeness (QED) is 0.0230. The topological polar surface area (TPSA) is 294 Å². The molecule has 0 aliphatic carbocycles. The number of hydrogen-bond acceptors (Lipinski definition) is 18. The Hall–Kier alpha value is -1.52. The number of rotatable bonds is 41. The lowest BCUT2D eigenvalue weighted by atomic mass is 10.1. The van der Waals surface area contributed by atoms with E-state index in [1.807, 2.05) is 90.0 Å². The van der Waals surface area contributed by atoms with Crippen LogP contribution in [0.2, 0.25) is 18.1 Å². The fourth-order valence-electron chi connectivity index (χ4n) is 5.87. The summed E-state index contributed by atoms with van der Waals surface area (Å²) in [5.74, 6) is -0.253. The van der Waals surface area contributed by atoms with E-state index in [0.29, 0.717) is 97.0 Å². The van der Waals surface area contributed by atoms with Crippen LogP contribution in [0.3, 0.4) is 0 Å². The number of carbonyl (C=O) groups is 3. The van der Waals surface area contributed by atoms with Crippen molar-refractivity contribution in [1.82, 2.24) is 14.8 Å². The van der Waals surface area contributed by atoms with Crippen molar-refractivity contribution in [2.24, 2.45) is 23.5 Å². The maximum Gasteiger partial charge on any atom is 0.500 e. The first kappa shape index (κ1) is 84.3. The maximum atomic E-state index is 12.2. The Morgan fingerprint density at radius 2 is 0.909 bits per heavy atom. The lowest BCUT2D eigenvalue weighted by molar-refractivity contribution is -0.149. The molecule has 4 atom stereocenters. The first-order valence-corrected chi connectivity index (χ1v) is 36.7. The summed E-state index contributed by atoms with van der Waals surface area (Å²) in [4.78, 5) is 32.6. The Labute approximate surface area is 472 Å². The second kappa shape index (κ2) is 49.1. The number of ether oxygens (including phenoxy) is 1. The van der Waals surface area contributed by atoms with Crippen molar-refractivity contribution in [3.63, 3.8) is 0 Å². The maximum absolute atomic E-state index is 12.2. The first-order chi connectivity index (χ1) is 36.0. The molecule has 2 amide bonds. The zero-order chi connectivity index (χ0) is 60.8. The molecular formula is C50H114N4O18S2Si3. The van der Waals surface area contributed by atoms with Crippen molar-refractivity contribution in [2.45, 2.75) is 197 Å². The number of sulfonamides is 2. The largest absolute Gasteiger partial charge is 0.500 e. The smallest absolute Gasteiger partial charge is 0.463 e. The van der Waals surface area contributed by atoms with Gasteiger partial charge in [-0.3, -0.25) is 14.4 Å². The Morgan fingerprint density at radius 3 is 1.21 bits per heavy atom. The van der Waals surface area contributed by atoms with Crippen LogP contribution in [0.4, 0.5) is 0 Å². The average molecular weight is 1210 g/mol. The van der Waals surface area contributed by atoms with E-state index in [4.69, 9.17) is 50.7 Å². The third-order valence-electron chi connectivity index (χ3n) is 12.2. The predicted molar refractivity (Wildman–Crippen MR) is 313 cm³/mol. The van der Waals surface area contributed by atoms with Crippen LogP contribution in [0, 0.1) is 17.8 Å². The molecule has 77 heavy (non-hydrogen) atoms. The second-order valence-electron chi connectivity index (χ2n) is 18.3. The fraction of sp³-hybridized carbons (Fsp3) is 0.940. The van der Waals surface area contributed by atoms with Crippen molar-refractivity contribution in [3.8, 4) is 0 Å². The van der Waals surface area contributed by atoms with Gasteiger partial charge in [-0.1, -0.05) is 55.4 Å². The molecule has 27 heteroatoms. The number of esters is 1. The molecule has 0 aliphatic heterocycles. The highest BCUT2D eigenvalue weighted by Crippen LogP contribution is 2.22. The summed E-state index contributed by atoms with van der Waals surface area (Å²) in [5.41, 5.74) is 4.91. The minimum atomic E-state index is -3.32. The highest BCUT2D eigenvalue weighted by Gasteiger charge is 2.41. The lowest BCUT2D eigenvalue weighted by Crippen LogP contribution is -2.47. The number of hydrogen-bond donors (Lipinski definition) is 5. The number of nitrogens with one attached hydrogen (secondary N) is 3. The number of primary amides is 1. The van der Waals surface area contributed by atoms with Crippen molar-refractivity contribution in [1.29, 1.82) is 0 Å². The van der Waals surface area contributed by atoms with E-state index in [1.54, 1.807) is 49.0 Å². The van der Waals surface area contributed by atoms with Crippen LogP contribution in [-0.4, -0.2) is 170 Å². The van der Waals surface area contributed by atoms with Crippen LogP contribution in [0.25, 0.3) is 0 Å². The number of aliphatic hydroxyl groups is 1. The number of aliphatic hydroxyl groups excluding tert-OH is 1. The van der Waals surface area contributed by atoms with Gasteiger partial charge in [-0.05, 0) is 114 Å². The van der Waals surface area contributed by atoms with Gasteiger partial charge in [0.05, 0.1) is 22.5 Å². The van der Waals surface area contributed by atoms with Gasteiger partial charge >= 0.3 is 32.4 Å². The van der Waals surface area contributed by atoms with E-state index < -0.39 is 51.2 Å². The molecule has 0 spiro atoms. The summed E-state index contributed by atoms with van der Waals surface area (Å²) in [6, 6.07) is 1.93. The molecule has 0 rings (SSSR count). The highest BCUT2D eigenvalue weighted by atomic mass is 32.2. The standard InChI is InChI=1S/C14H33NO5SSi.C14H31NO4Si.C10H25NO5SSi.C7H14O3.C5H11NO/c1-7-14(5,6)21(16,17)15-12-11-13-22(18-8-2,19-9-3)20-10-4;1-6-13(5)14(16)15-11-10-12-20(17-7-2,18-8-3)19-9-4;1-6-10(2)17(12,13)11-8-7-9-18(14-3,15-4)16-5;1-3-6(2)7(9)10-5-4-8;1-3-4(2)5(6)7/h15H,7-13H2,1-6H3;13H,6-12H2,1-5H3,(H,15,16);10-11H,6-9H2,1-5H3;6,8H,3-5H2,1-2H3;4H,3H2,1-2H3,(H2,6,7). The molecule has 0 aromatic carbocycles.